The summed E-state index contributed by atoms with van der Waals surface area (Å²) in [5, 5.41) is 3.52. The zero-order valence-corrected chi connectivity index (χ0v) is 17.7. The second-order valence-corrected chi connectivity index (χ2v) is 7.14. The Kier molecular flexibility index (Phi) is 8.80. The third-order valence-electron chi connectivity index (χ3n) is 4.65. The molecule has 29 heavy (non-hydrogen) atoms. The second kappa shape index (κ2) is 11.3. The number of hydrogen-bond acceptors (Lipinski definition) is 4. The van der Waals surface area contributed by atoms with E-state index in [2.05, 4.69) is 5.32 Å². The molecule has 0 radical (unpaired) electrons. The molecule has 0 saturated carbocycles. The zero-order chi connectivity index (χ0) is 21.2. The molecule has 0 bridgehead atoms. The van der Waals surface area contributed by atoms with Crippen LogP contribution in [0.4, 0.5) is 0 Å². The normalized spacial score (nSPS) is 15.2. The van der Waals surface area contributed by atoms with E-state index >= 15 is 0 Å². The maximum absolute atomic E-state index is 11.9. The van der Waals surface area contributed by atoms with Crippen LogP contribution in [0.2, 0.25) is 5.02 Å². The smallest absolute Gasteiger partial charge is 0.243 e. The molecule has 1 atom stereocenters. The quantitative estimate of drug-likeness (QED) is 0.728. The summed E-state index contributed by atoms with van der Waals surface area (Å²) in [5.74, 6) is 1.47. The number of carbonyl (C=O) groups excluding carboxylic acids is 2. The molecule has 1 aliphatic heterocycles. The van der Waals surface area contributed by atoms with Crippen LogP contribution >= 0.6 is 11.6 Å². The maximum atomic E-state index is 11.9. The molecule has 0 aliphatic carbocycles. The molecule has 2 aromatic rings. The van der Waals surface area contributed by atoms with Crippen LogP contribution in [-0.4, -0.2) is 44.0 Å². The molecule has 156 valence electrons. The Morgan fingerprint density at radius 2 is 1.86 bits per heavy atom. The van der Waals surface area contributed by atoms with Crippen LogP contribution < -0.4 is 14.8 Å². The molecule has 0 spiro atoms. The fraction of sp³-hybridized carbons (Fsp3) is 0.364. The van der Waals surface area contributed by atoms with Gasteiger partial charge in [-0.1, -0.05) is 29.8 Å². The summed E-state index contributed by atoms with van der Waals surface area (Å²) < 4.78 is 10.2. The Morgan fingerprint density at radius 1 is 1.17 bits per heavy atom. The first-order chi connectivity index (χ1) is 14.0. The molecule has 6 nitrogen and oxygen atoms in total. The number of nitrogens with zero attached hydrogens (tertiary/aromatic N) is 1. The largest absolute Gasteiger partial charge is 0.493 e. The number of benzene rings is 2. The lowest BCUT2D eigenvalue weighted by Crippen LogP contribution is -2.42. The van der Waals surface area contributed by atoms with Gasteiger partial charge in [-0.2, -0.15) is 0 Å². The van der Waals surface area contributed by atoms with Crippen molar-refractivity contribution in [2.75, 3.05) is 20.8 Å². The van der Waals surface area contributed by atoms with Gasteiger partial charge in [0.1, 0.15) is 6.04 Å². The van der Waals surface area contributed by atoms with Gasteiger partial charge < -0.3 is 19.7 Å². The van der Waals surface area contributed by atoms with Gasteiger partial charge in [-0.3, -0.25) is 9.59 Å². The molecule has 0 aromatic heterocycles. The number of hydrogen-bond donors (Lipinski definition) is 1. The number of rotatable bonds is 6. The molecule has 1 fully saturated rings. The Balaban J connectivity index is 0.000000234. The highest BCUT2D eigenvalue weighted by Gasteiger charge is 2.29. The molecule has 1 N–H and O–H groups in total. The van der Waals surface area contributed by atoms with Crippen molar-refractivity contribution < 1.29 is 19.1 Å². The van der Waals surface area contributed by atoms with Crippen LogP contribution in [-0.2, 0) is 16.1 Å². The molecular weight excluding hydrogens is 392 g/mol. The molecule has 1 unspecified atom stereocenters. The van der Waals surface area contributed by atoms with Gasteiger partial charge in [0.25, 0.3) is 0 Å². The highest BCUT2D eigenvalue weighted by Crippen LogP contribution is 2.26. The molecule has 2 aromatic carbocycles. The van der Waals surface area contributed by atoms with Crippen molar-refractivity contribution in [3.8, 4) is 11.5 Å². The molecule has 7 heteroatoms. The molecule has 1 aliphatic rings. The Labute approximate surface area is 176 Å². The lowest BCUT2D eigenvalue weighted by Gasteiger charge is -2.19. The summed E-state index contributed by atoms with van der Waals surface area (Å²) in [7, 11) is 3.27. The third kappa shape index (κ3) is 6.68. The number of carbonyl (C=O) groups is 2. The van der Waals surface area contributed by atoms with E-state index in [0.717, 1.165) is 36.3 Å². The zero-order valence-electron chi connectivity index (χ0n) is 17.0. The first-order valence-corrected chi connectivity index (χ1v) is 9.78. The van der Waals surface area contributed by atoms with Gasteiger partial charge in [-0.05, 0) is 55.2 Å². The molecular formula is C22H27ClN2O4. The summed E-state index contributed by atoms with van der Waals surface area (Å²) in [6.07, 6.45) is 2.38. The number of ether oxygens (including phenoxy) is 2. The fourth-order valence-electron chi connectivity index (χ4n) is 3.05. The average molecular weight is 419 g/mol. The number of likely N-dealkylation sites (tertiary alicyclic amines) is 1. The van der Waals surface area contributed by atoms with E-state index in [-0.39, 0.29) is 11.9 Å². The standard InChI is InChI=1S/C13H15ClN2O2.C9H12O2/c14-11-5-3-10(4-6-11)8-15-13(18)12-2-1-7-16(12)9-17;1-7-4-5-8(10-2)9(6-7)11-3/h3-6,9,12H,1-2,7-8H2,(H,15,18);4-6H,1-3H3. The van der Waals surface area contributed by atoms with Crippen LogP contribution in [0.15, 0.2) is 42.5 Å². The first-order valence-electron chi connectivity index (χ1n) is 9.40. The number of aryl methyl sites for hydroxylation is 1. The monoisotopic (exact) mass is 418 g/mol. The SMILES string of the molecule is COc1ccc(C)cc1OC.O=CN1CCCC1C(=O)NCc1ccc(Cl)cc1. The predicted octanol–water partition coefficient (Wildman–Crippen LogP) is 3.59. The van der Waals surface area contributed by atoms with Crippen LogP contribution in [0.25, 0.3) is 0 Å². The van der Waals surface area contributed by atoms with Crippen molar-refractivity contribution in [1.82, 2.24) is 10.2 Å². The van der Waals surface area contributed by atoms with Crippen molar-refractivity contribution in [2.45, 2.75) is 32.4 Å². The van der Waals surface area contributed by atoms with Crippen LogP contribution in [0.3, 0.4) is 0 Å². The molecule has 1 heterocycles. The third-order valence-corrected chi connectivity index (χ3v) is 4.90. The van der Waals surface area contributed by atoms with E-state index in [1.807, 2.05) is 37.3 Å². The van der Waals surface area contributed by atoms with Gasteiger partial charge in [0.05, 0.1) is 14.2 Å². The van der Waals surface area contributed by atoms with Crippen LogP contribution in [0, 0.1) is 6.92 Å². The van der Waals surface area contributed by atoms with Gasteiger partial charge in [0.2, 0.25) is 12.3 Å². The van der Waals surface area contributed by atoms with Crippen molar-refractivity contribution >= 4 is 23.9 Å². The molecule has 2 amide bonds. The van der Waals surface area contributed by atoms with Crippen molar-refractivity contribution in [2.24, 2.45) is 0 Å². The highest BCUT2D eigenvalue weighted by atomic mass is 35.5. The minimum atomic E-state index is -0.310. The number of amides is 2. The lowest BCUT2D eigenvalue weighted by molar-refractivity contribution is -0.131. The summed E-state index contributed by atoms with van der Waals surface area (Å²) in [6, 6.07) is 12.8. The van der Waals surface area contributed by atoms with Crippen LogP contribution in [0.5, 0.6) is 11.5 Å². The molecule has 1 saturated heterocycles. The number of halogens is 1. The minimum absolute atomic E-state index is 0.0884. The highest BCUT2D eigenvalue weighted by molar-refractivity contribution is 6.30. The van der Waals surface area contributed by atoms with E-state index in [4.69, 9.17) is 21.1 Å². The van der Waals surface area contributed by atoms with E-state index in [0.29, 0.717) is 18.1 Å². The van der Waals surface area contributed by atoms with Gasteiger partial charge >= 0.3 is 0 Å². The van der Waals surface area contributed by atoms with Crippen molar-refractivity contribution in [3.05, 3.63) is 58.6 Å². The van der Waals surface area contributed by atoms with Crippen LogP contribution in [0.1, 0.15) is 24.0 Å². The van der Waals surface area contributed by atoms with Gasteiger partial charge in [-0.15, -0.1) is 0 Å². The van der Waals surface area contributed by atoms with E-state index < -0.39 is 0 Å². The van der Waals surface area contributed by atoms with Gasteiger partial charge in [0.15, 0.2) is 11.5 Å². The minimum Gasteiger partial charge on any atom is -0.493 e. The Bertz CT molecular complexity index is 811. The van der Waals surface area contributed by atoms with E-state index in [9.17, 15) is 9.59 Å². The number of nitrogens with one attached hydrogen (secondary N) is 1. The second-order valence-electron chi connectivity index (χ2n) is 6.70. The van der Waals surface area contributed by atoms with Gasteiger partial charge in [0, 0.05) is 18.1 Å². The average Bonchev–Trinajstić information content (AvgIpc) is 3.22. The maximum Gasteiger partial charge on any atom is 0.243 e. The summed E-state index contributed by atoms with van der Waals surface area (Å²) in [4.78, 5) is 24.2. The van der Waals surface area contributed by atoms with E-state index in [1.165, 1.54) is 5.56 Å². The summed E-state index contributed by atoms with van der Waals surface area (Å²) in [6.45, 7) is 3.14. The summed E-state index contributed by atoms with van der Waals surface area (Å²) in [5.41, 5.74) is 2.16. The van der Waals surface area contributed by atoms with Crippen molar-refractivity contribution in [3.63, 3.8) is 0 Å². The van der Waals surface area contributed by atoms with Gasteiger partial charge in [-0.25, -0.2) is 0 Å². The number of methoxy groups -OCH3 is 2. The first kappa shape index (κ1) is 22.6. The lowest BCUT2D eigenvalue weighted by atomic mass is 10.2. The summed E-state index contributed by atoms with van der Waals surface area (Å²) >= 11 is 5.78. The Hall–Kier alpha value is -2.73. The predicted molar refractivity (Wildman–Crippen MR) is 113 cm³/mol. The topological polar surface area (TPSA) is 67.9 Å². The van der Waals surface area contributed by atoms with Crippen molar-refractivity contribution in [1.29, 1.82) is 0 Å². The molecule has 3 rings (SSSR count). The van der Waals surface area contributed by atoms with E-state index in [1.54, 1.807) is 31.3 Å². The Morgan fingerprint density at radius 3 is 2.48 bits per heavy atom. The fourth-order valence-corrected chi connectivity index (χ4v) is 3.18.